The first-order chi connectivity index (χ1) is 9.83. The highest BCUT2D eigenvalue weighted by molar-refractivity contribution is 5.98. The molecule has 3 aromatic rings. The highest BCUT2D eigenvalue weighted by Crippen LogP contribution is 2.44. The first-order valence-corrected chi connectivity index (χ1v) is 6.89. The molecule has 0 unspecified atom stereocenters. The molecule has 1 heteroatoms. The van der Waals surface area contributed by atoms with Gasteiger partial charge < -0.3 is 5.32 Å². The number of hydrogen-bond acceptors (Lipinski definition) is 1. The van der Waals surface area contributed by atoms with Crippen LogP contribution < -0.4 is 5.32 Å². The predicted molar refractivity (Wildman–Crippen MR) is 85.3 cm³/mol. The van der Waals surface area contributed by atoms with E-state index < -0.39 is 0 Å². The van der Waals surface area contributed by atoms with Gasteiger partial charge in [0.25, 0.3) is 0 Å². The zero-order valence-electron chi connectivity index (χ0n) is 11.4. The number of rotatable bonds is 0. The maximum Gasteiger partial charge on any atom is 0.0464 e. The third-order valence-electron chi connectivity index (χ3n) is 3.88. The van der Waals surface area contributed by atoms with Crippen molar-refractivity contribution in [2.75, 3.05) is 5.32 Å². The summed E-state index contributed by atoms with van der Waals surface area (Å²) in [5, 5.41) is 3.57. The van der Waals surface area contributed by atoms with E-state index in [1.165, 1.54) is 39.2 Å². The Morgan fingerprint density at radius 1 is 0.600 bits per heavy atom. The summed E-state index contributed by atoms with van der Waals surface area (Å²) in [4.78, 5) is 0. The summed E-state index contributed by atoms with van der Waals surface area (Å²) in [7, 11) is 0. The van der Waals surface area contributed by atoms with E-state index in [0.29, 0.717) is 0 Å². The predicted octanol–water partition coefficient (Wildman–Crippen LogP) is 5.39. The number of hydrogen-bond donors (Lipinski definition) is 1. The Bertz CT molecular complexity index is 802. The minimum absolute atomic E-state index is 1.17. The van der Waals surface area contributed by atoms with Gasteiger partial charge in [0.1, 0.15) is 0 Å². The number of fused-ring (bicyclic) bond motifs is 5. The SMILES string of the molecule is Cc1ccc2c(c1)-c1ccccc1Nc1ccccc1-2. The van der Waals surface area contributed by atoms with Gasteiger partial charge in [0.15, 0.2) is 0 Å². The summed E-state index contributed by atoms with van der Waals surface area (Å²) in [6.45, 7) is 2.15. The van der Waals surface area contributed by atoms with Crippen LogP contribution in [0.4, 0.5) is 11.4 Å². The van der Waals surface area contributed by atoms with E-state index >= 15 is 0 Å². The van der Waals surface area contributed by atoms with E-state index in [9.17, 15) is 0 Å². The van der Waals surface area contributed by atoms with Crippen LogP contribution >= 0.6 is 0 Å². The van der Waals surface area contributed by atoms with Crippen molar-refractivity contribution in [2.45, 2.75) is 6.92 Å². The molecule has 0 aliphatic carbocycles. The third-order valence-corrected chi connectivity index (χ3v) is 3.88. The average molecular weight is 257 g/mol. The summed E-state index contributed by atoms with van der Waals surface area (Å²) in [5.41, 5.74) is 8.76. The number of anilines is 2. The van der Waals surface area contributed by atoms with Crippen LogP contribution in [0.1, 0.15) is 5.56 Å². The zero-order chi connectivity index (χ0) is 13.5. The van der Waals surface area contributed by atoms with Gasteiger partial charge in [0.05, 0.1) is 0 Å². The molecule has 96 valence electrons. The van der Waals surface area contributed by atoms with Crippen LogP contribution in [0.15, 0.2) is 66.7 Å². The largest absolute Gasteiger partial charge is 0.355 e. The van der Waals surface area contributed by atoms with Crippen molar-refractivity contribution in [2.24, 2.45) is 0 Å². The topological polar surface area (TPSA) is 12.0 Å². The highest BCUT2D eigenvalue weighted by Gasteiger charge is 2.17. The molecule has 0 aromatic heterocycles. The lowest BCUT2D eigenvalue weighted by molar-refractivity contribution is 1.47. The van der Waals surface area contributed by atoms with Gasteiger partial charge in [-0.3, -0.25) is 0 Å². The first kappa shape index (κ1) is 11.3. The molecule has 1 heterocycles. The Morgan fingerprint density at radius 3 is 1.90 bits per heavy atom. The molecule has 4 rings (SSSR count). The molecule has 0 radical (unpaired) electrons. The second-order valence-corrected chi connectivity index (χ2v) is 5.27. The molecular weight excluding hydrogens is 242 g/mol. The molecule has 0 spiro atoms. The molecule has 1 aliphatic rings. The summed E-state index contributed by atoms with van der Waals surface area (Å²) >= 11 is 0. The second kappa shape index (κ2) is 4.24. The van der Waals surface area contributed by atoms with E-state index in [1.807, 2.05) is 0 Å². The minimum atomic E-state index is 1.17. The first-order valence-electron chi connectivity index (χ1n) is 6.89. The van der Waals surface area contributed by atoms with Crippen molar-refractivity contribution in [3.05, 3.63) is 72.3 Å². The molecule has 1 aliphatic heterocycles. The lowest BCUT2D eigenvalue weighted by Gasteiger charge is -2.10. The monoisotopic (exact) mass is 257 g/mol. The molecule has 0 fully saturated rings. The molecule has 1 nitrogen and oxygen atoms in total. The smallest absolute Gasteiger partial charge is 0.0464 e. The Balaban J connectivity index is 2.13. The van der Waals surface area contributed by atoms with Gasteiger partial charge in [-0.2, -0.15) is 0 Å². The molecule has 0 atom stereocenters. The lowest BCUT2D eigenvalue weighted by atomic mass is 9.93. The fraction of sp³-hybridized carbons (Fsp3) is 0.0526. The van der Waals surface area contributed by atoms with Crippen LogP contribution in [0.25, 0.3) is 22.3 Å². The van der Waals surface area contributed by atoms with E-state index in [0.717, 1.165) is 0 Å². The maximum absolute atomic E-state index is 3.57. The number of para-hydroxylation sites is 2. The standard InChI is InChI=1S/C19H15N/c1-13-10-11-14-15-6-2-4-8-18(15)20-19-9-5-3-7-16(19)17(14)12-13/h2-12,20H,1H3. The van der Waals surface area contributed by atoms with E-state index in [4.69, 9.17) is 0 Å². The quantitative estimate of drug-likeness (QED) is 0.445. The van der Waals surface area contributed by atoms with Gasteiger partial charge in [-0.15, -0.1) is 0 Å². The van der Waals surface area contributed by atoms with Crippen molar-refractivity contribution in [1.29, 1.82) is 0 Å². The highest BCUT2D eigenvalue weighted by atomic mass is 14.9. The molecule has 0 bridgehead atoms. The van der Waals surface area contributed by atoms with Gasteiger partial charge in [-0.25, -0.2) is 0 Å². The summed E-state index contributed by atoms with van der Waals surface area (Å²) < 4.78 is 0. The summed E-state index contributed by atoms with van der Waals surface area (Å²) in [6, 6.07) is 23.7. The van der Waals surface area contributed by atoms with Crippen molar-refractivity contribution < 1.29 is 0 Å². The second-order valence-electron chi connectivity index (χ2n) is 5.27. The zero-order valence-corrected chi connectivity index (χ0v) is 11.4. The Labute approximate surface area is 118 Å². The Morgan fingerprint density at radius 2 is 1.20 bits per heavy atom. The van der Waals surface area contributed by atoms with Gasteiger partial charge in [-0.05, 0) is 30.2 Å². The minimum Gasteiger partial charge on any atom is -0.355 e. The Kier molecular flexibility index (Phi) is 2.40. The van der Waals surface area contributed by atoms with Gasteiger partial charge in [0, 0.05) is 22.5 Å². The maximum atomic E-state index is 3.57. The van der Waals surface area contributed by atoms with Crippen molar-refractivity contribution in [1.82, 2.24) is 0 Å². The van der Waals surface area contributed by atoms with Gasteiger partial charge >= 0.3 is 0 Å². The van der Waals surface area contributed by atoms with Crippen LogP contribution in [-0.2, 0) is 0 Å². The molecule has 20 heavy (non-hydrogen) atoms. The fourth-order valence-corrected chi connectivity index (χ4v) is 2.91. The van der Waals surface area contributed by atoms with E-state index in [1.54, 1.807) is 0 Å². The van der Waals surface area contributed by atoms with E-state index in [2.05, 4.69) is 79.0 Å². The fourth-order valence-electron chi connectivity index (χ4n) is 2.91. The van der Waals surface area contributed by atoms with Crippen molar-refractivity contribution in [3.63, 3.8) is 0 Å². The molecule has 0 saturated heterocycles. The number of benzene rings is 3. The molecular formula is C19H15N. The normalized spacial score (nSPS) is 11.7. The van der Waals surface area contributed by atoms with Crippen LogP contribution in [0.5, 0.6) is 0 Å². The van der Waals surface area contributed by atoms with Crippen LogP contribution in [0, 0.1) is 6.92 Å². The van der Waals surface area contributed by atoms with Crippen LogP contribution in [-0.4, -0.2) is 0 Å². The number of aryl methyl sites for hydroxylation is 1. The van der Waals surface area contributed by atoms with Gasteiger partial charge in [-0.1, -0.05) is 60.2 Å². The molecule has 0 amide bonds. The van der Waals surface area contributed by atoms with Crippen LogP contribution in [0.2, 0.25) is 0 Å². The summed E-state index contributed by atoms with van der Waals surface area (Å²) in [6.07, 6.45) is 0. The average Bonchev–Trinajstić information content (AvgIpc) is 2.61. The van der Waals surface area contributed by atoms with E-state index in [-0.39, 0.29) is 0 Å². The molecule has 0 saturated carbocycles. The third kappa shape index (κ3) is 1.64. The van der Waals surface area contributed by atoms with Crippen molar-refractivity contribution >= 4 is 11.4 Å². The lowest BCUT2D eigenvalue weighted by Crippen LogP contribution is -1.90. The molecule has 1 N–H and O–H groups in total. The number of nitrogens with one attached hydrogen (secondary N) is 1. The van der Waals surface area contributed by atoms with Gasteiger partial charge in [0.2, 0.25) is 0 Å². The molecule has 3 aromatic carbocycles. The summed E-state index contributed by atoms with van der Waals surface area (Å²) in [5.74, 6) is 0. The van der Waals surface area contributed by atoms with Crippen LogP contribution in [0.3, 0.4) is 0 Å². The Hall–Kier alpha value is -2.54. The van der Waals surface area contributed by atoms with Crippen molar-refractivity contribution in [3.8, 4) is 22.3 Å².